The Morgan fingerprint density at radius 3 is 2.12 bits per heavy atom. The van der Waals surface area contributed by atoms with Crippen LogP contribution in [0.2, 0.25) is 0 Å². The van der Waals surface area contributed by atoms with E-state index in [1.807, 2.05) is 0 Å². The highest BCUT2D eigenvalue weighted by Crippen LogP contribution is 2.33. The highest BCUT2D eigenvalue weighted by atomic mass is 19.1. The number of hydrogen-bond donors (Lipinski definition) is 0. The molecular weight excluding hydrogens is 340 g/mol. The Bertz CT molecular complexity index is 621. The standard InChI is InChI=1S/C15H19F2NO4.CO2/c1-4-10(15(19)22-5-2)11(8-18(20)21)14-12(16)6-9(3)7-13(14)17;2-1-3/h6-7,10-11H,4-5,8H2,1-3H3;/t10?,11-;/m1./s1. The number of nitrogens with zero attached hydrogens (tertiary/aromatic N) is 1. The van der Waals surface area contributed by atoms with Crippen molar-refractivity contribution in [3.63, 3.8) is 0 Å². The molecular formula is C16H19F2NO6. The topological polar surface area (TPSA) is 104 Å². The van der Waals surface area contributed by atoms with Crippen LogP contribution in [0.15, 0.2) is 12.1 Å². The maximum Gasteiger partial charge on any atom is 0.373 e. The van der Waals surface area contributed by atoms with Gasteiger partial charge in [0.25, 0.3) is 0 Å². The number of ether oxygens (including phenoxy) is 1. The minimum atomic E-state index is -1.21. The van der Waals surface area contributed by atoms with Crippen molar-refractivity contribution in [2.75, 3.05) is 13.2 Å². The Morgan fingerprint density at radius 2 is 1.76 bits per heavy atom. The van der Waals surface area contributed by atoms with Crippen LogP contribution in [-0.4, -0.2) is 30.2 Å². The fourth-order valence-electron chi connectivity index (χ4n) is 2.51. The molecule has 0 saturated carbocycles. The van der Waals surface area contributed by atoms with E-state index < -0.39 is 46.5 Å². The van der Waals surface area contributed by atoms with Gasteiger partial charge in [-0.2, -0.15) is 9.59 Å². The number of nitro groups is 1. The van der Waals surface area contributed by atoms with Gasteiger partial charge < -0.3 is 4.74 Å². The number of halogens is 2. The fourth-order valence-corrected chi connectivity index (χ4v) is 2.51. The summed E-state index contributed by atoms with van der Waals surface area (Å²) in [5.74, 6) is -4.63. The van der Waals surface area contributed by atoms with Crippen molar-refractivity contribution in [2.24, 2.45) is 5.92 Å². The van der Waals surface area contributed by atoms with Crippen LogP contribution < -0.4 is 0 Å². The highest BCUT2D eigenvalue weighted by Gasteiger charge is 2.36. The van der Waals surface area contributed by atoms with Crippen molar-refractivity contribution < 1.29 is 32.8 Å². The first-order valence-corrected chi connectivity index (χ1v) is 7.46. The van der Waals surface area contributed by atoms with Gasteiger partial charge in [0.1, 0.15) is 11.6 Å². The maximum atomic E-state index is 14.1. The molecule has 0 N–H and O–H groups in total. The Balaban J connectivity index is 0.00000178. The van der Waals surface area contributed by atoms with Gasteiger partial charge in [-0.25, -0.2) is 8.78 Å². The van der Waals surface area contributed by atoms with Crippen LogP contribution in [0.25, 0.3) is 0 Å². The number of hydrogen-bond acceptors (Lipinski definition) is 6. The van der Waals surface area contributed by atoms with Crippen LogP contribution in [0.3, 0.4) is 0 Å². The predicted molar refractivity (Wildman–Crippen MR) is 81.1 cm³/mol. The van der Waals surface area contributed by atoms with Crippen LogP contribution in [0.1, 0.15) is 37.3 Å². The van der Waals surface area contributed by atoms with E-state index in [9.17, 15) is 23.7 Å². The van der Waals surface area contributed by atoms with E-state index in [4.69, 9.17) is 14.3 Å². The number of carbonyl (C=O) groups excluding carboxylic acids is 3. The van der Waals surface area contributed by atoms with E-state index in [0.29, 0.717) is 5.56 Å². The van der Waals surface area contributed by atoms with Gasteiger partial charge in [-0.15, -0.1) is 0 Å². The van der Waals surface area contributed by atoms with E-state index in [2.05, 4.69) is 0 Å². The first-order chi connectivity index (χ1) is 11.7. The summed E-state index contributed by atoms with van der Waals surface area (Å²) in [6, 6.07) is 2.20. The molecule has 0 bridgehead atoms. The molecule has 0 heterocycles. The highest BCUT2D eigenvalue weighted by molar-refractivity contribution is 5.73. The first-order valence-electron chi connectivity index (χ1n) is 7.46. The van der Waals surface area contributed by atoms with Gasteiger partial charge in [0.2, 0.25) is 6.54 Å². The Hall–Kier alpha value is -2.67. The minimum absolute atomic E-state index is 0.0966. The van der Waals surface area contributed by atoms with Gasteiger partial charge in [0, 0.05) is 10.5 Å². The molecule has 0 fully saturated rings. The fraction of sp³-hybridized carbons (Fsp3) is 0.500. The monoisotopic (exact) mass is 359 g/mol. The van der Waals surface area contributed by atoms with Gasteiger partial charge in [-0.3, -0.25) is 14.9 Å². The summed E-state index contributed by atoms with van der Waals surface area (Å²) in [6.45, 7) is 4.09. The second kappa shape index (κ2) is 11.0. The van der Waals surface area contributed by atoms with Crippen LogP contribution >= 0.6 is 0 Å². The van der Waals surface area contributed by atoms with Gasteiger partial charge >= 0.3 is 12.1 Å². The number of benzene rings is 1. The summed E-state index contributed by atoms with van der Waals surface area (Å²) in [6.07, 6.45) is 0.435. The normalized spacial score (nSPS) is 12.2. The van der Waals surface area contributed by atoms with E-state index in [-0.39, 0.29) is 19.2 Å². The van der Waals surface area contributed by atoms with E-state index in [1.165, 1.54) is 6.92 Å². The number of aryl methyl sites for hydroxylation is 1. The summed E-state index contributed by atoms with van der Waals surface area (Å²) in [5, 5.41) is 10.9. The zero-order chi connectivity index (χ0) is 19.6. The Labute approximate surface area is 143 Å². The van der Waals surface area contributed by atoms with Gasteiger partial charge in [-0.1, -0.05) is 6.92 Å². The average molecular weight is 359 g/mol. The lowest BCUT2D eigenvalue weighted by atomic mass is 9.83. The molecule has 1 rings (SSSR count). The summed E-state index contributed by atoms with van der Waals surface area (Å²) in [4.78, 5) is 38.4. The molecule has 2 atom stereocenters. The first kappa shape index (κ1) is 22.3. The molecule has 1 aromatic carbocycles. The molecule has 0 saturated heterocycles. The molecule has 0 spiro atoms. The molecule has 25 heavy (non-hydrogen) atoms. The van der Waals surface area contributed by atoms with Crippen LogP contribution in [-0.2, 0) is 19.1 Å². The largest absolute Gasteiger partial charge is 0.466 e. The van der Waals surface area contributed by atoms with E-state index >= 15 is 0 Å². The Morgan fingerprint density at radius 1 is 1.28 bits per heavy atom. The number of carbonyl (C=O) groups is 1. The van der Waals surface area contributed by atoms with Crippen molar-refractivity contribution in [2.45, 2.75) is 33.1 Å². The lowest BCUT2D eigenvalue weighted by Gasteiger charge is -2.23. The summed E-state index contributed by atoms with van der Waals surface area (Å²) < 4.78 is 33.2. The van der Waals surface area contributed by atoms with Crippen LogP contribution in [0.4, 0.5) is 8.78 Å². The summed E-state index contributed by atoms with van der Waals surface area (Å²) in [5.41, 5.74) is -0.0648. The van der Waals surface area contributed by atoms with E-state index in [0.717, 1.165) is 12.1 Å². The molecule has 0 amide bonds. The predicted octanol–water partition coefficient (Wildman–Crippen LogP) is 2.64. The van der Waals surface area contributed by atoms with Gasteiger partial charge in [0.15, 0.2) is 0 Å². The average Bonchev–Trinajstić information content (AvgIpc) is 2.47. The minimum Gasteiger partial charge on any atom is -0.466 e. The molecule has 1 unspecified atom stereocenters. The molecule has 1 aromatic rings. The molecule has 0 aliphatic rings. The number of esters is 1. The molecule has 9 heteroatoms. The Kier molecular flexibility index (Phi) is 9.81. The van der Waals surface area contributed by atoms with Gasteiger partial charge in [-0.05, 0) is 38.0 Å². The lowest BCUT2D eigenvalue weighted by molar-refractivity contribution is -0.484. The zero-order valence-corrected chi connectivity index (χ0v) is 14.1. The van der Waals surface area contributed by atoms with Crippen molar-refractivity contribution in [1.82, 2.24) is 0 Å². The number of rotatable bonds is 7. The molecule has 0 aliphatic carbocycles. The second-order valence-corrected chi connectivity index (χ2v) is 5.11. The quantitative estimate of drug-likeness (QED) is 0.421. The van der Waals surface area contributed by atoms with Crippen molar-refractivity contribution in [3.05, 3.63) is 45.0 Å². The van der Waals surface area contributed by atoms with Gasteiger partial charge in [0.05, 0.1) is 18.4 Å². The van der Waals surface area contributed by atoms with Crippen LogP contribution in [0, 0.1) is 34.6 Å². The molecule has 0 aliphatic heterocycles. The van der Waals surface area contributed by atoms with Crippen molar-refractivity contribution >= 4 is 12.1 Å². The van der Waals surface area contributed by atoms with E-state index in [1.54, 1.807) is 13.8 Å². The molecule has 138 valence electrons. The third-order valence-corrected chi connectivity index (χ3v) is 3.45. The second-order valence-electron chi connectivity index (χ2n) is 5.11. The maximum absolute atomic E-state index is 14.1. The SMILES string of the molecule is CCOC(=O)C(CC)[C@@H](C[N+](=O)[O-])c1c(F)cc(C)cc1F.O=C=O. The smallest absolute Gasteiger partial charge is 0.373 e. The third kappa shape index (κ3) is 6.76. The zero-order valence-electron chi connectivity index (χ0n) is 14.1. The molecule has 0 radical (unpaired) electrons. The van der Waals surface area contributed by atoms with Crippen LogP contribution in [0.5, 0.6) is 0 Å². The lowest BCUT2D eigenvalue weighted by Crippen LogP contribution is -2.30. The summed E-state index contributed by atoms with van der Waals surface area (Å²) in [7, 11) is 0. The third-order valence-electron chi connectivity index (χ3n) is 3.45. The summed E-state index contributed by atoms with van der Waals surface area (Å²) >= 11 is 0. The molecule has 7 nitrogen and oxygen atoms in total. The van der Waals surface area contributed by atoms with Crippen molar-refractivity contribution in [3.8, 4) is 0 Å². The molecule has 0 aromatic heterocycles. The van der Waals surface area contributed by atoms with Crippen molar-refractivity contribution in [1.29, 1.82) is 0 Å².